The molecule has 1 atom stereocenters. The summed E-state index contributed by atoms with van der Waals surface area (Å²) in [5, 5.41) is 3.80. The van der Waals surface area contributed by atoms with Gasteiger partial charge in [0.25, 0.3) is 0 Å². The van der Waals surface area contributed by atoms with Crippen LogP contribution in [0, 0.1) is 23.6 Å². The lowest BCUT2D eigenvalue weighted by molar-refractivity contribution is 0.313. The zero-order valence-corrected chi connectivity index (χ0v) is 13.9. The molecule has 1 aliphatic carbocycles. The zero-order chi connectivity index (χ0) is 15.2. The maximum atomic E-state index is 14.1. The van der Waals surface area contributed by atoms with E-state index in [2.05, 4.69) is 19.2 Å². The summed E-state index contributed by atoms with van der Waals surface area (Å²) in [6.07, 6.45) is 6.02. The average molecular weight is 312 g/mol. The minimum atomic E-state index is -0.231. The van der Waals surface area contributed by atoms with E-state index in [0.29, 0.717) is 11.8 Å². The molecule has 0 aromatic heterocycles. The maximum Gasteiger partial charge on any atom is 0.144 e. The SMILES string of the molecule is CC(C)CNCC(Cc1cccc(Cl)c1F)C1CCCC1. The Kier molecular flexibility index (Phi) is 6.50. The normalized spacial score (nSPS) is 17.6. The lowest BCUT2D eigenvalue weighted by Gasteiger charge is -2.25. The van der Waals surface area contributed by atoms with E-state index in [9.17, 15) is 4.39 Å². The van der Waals surface area contributed by atoms with Crippen LogP contribution in [0.15, 0.2) is 18.2 Å². The standard InChI is InChI=1S/C18H27ClFN/c1-13(2)11-21-12-16(14-6-3-4-7-14)10-15-8-5-9-17(19)18(15)20/h5,8-9,13-14,16,21H,3-4,6-7,10-12H2,1-2H3. The molecule has 21 heavy (non-hydrogen) atoms. The van der Waals surface area contributed by atoms with Crippen molar-refractivity contribution < 1.29 is 4.39 Å². The number of rotatable bonds is 7. The van der Waals surface area contributed by atoms with Gasteiger partial charge < -0.3 is 5.32 Å². The van der Waals surface area contributed by atoms with E-state index in [1.165, 1.54) is 25.7 Å². The zero-order valence-electron chi connectivity index (χ0n) is 13.2. The van der Waals surface area contributed by atoms with Crippen molar-refractivity contribution in [3.8, 4) is 0 Å². The minimum absolute atomic E-state index is 0.231. The van der Waals surface area contributed by atoms with Crippen LogP contribution < -0.4 is 5.32 Å². The fraction of sp³-hybridized carbons (Fsp3) is 0.667. The Labute approximate surface area is 133 Å². The van der Waals surface area contributed by atoms with Crippen LogP contribution >= 0.6 is 11.6 Å². The third kappa shape index (κ3) is 4.96. The van der Waals surface area contributed by atoms with Gasteiger partial charge in [-0.3, -0.25) is 0 Å². The molecule has 0 heterocycles. The van der Waals surface area contributed by atoms with Crippen LogP contribution in [-0.2, 0) is 6.42 Å². The van der Waals surface area contributed by atoms with Gasteiger partial charge in [-0.2, -0.15) is 0 Å². The molecule has 1 unspecified atom stereocenters. The Balaban J connectivity index is 2.02. The van der Waals surface area contributed by atoms with Crippen LogP contribution in [0.1, 0.15) is 45.1 Å². The van der Waals surface area contributed by atoms with Crippen LogP contribution in [0.2, 0.25) is 5.02 Å². The van der Waals surface area contributed by atoms with Crippen LogP contribution in [0.3, 0.4) is 0 Å². The molecular weight excluding hydrogens is 285 g/mol. The van der Waals surface area contributed by atoms with Gasteiger partial charge >= 0.3 is 0 Å². The molecule has 1 aromatic rings. The first-order chi connectivity index (χ1) is 10.1. The van der Waals surface area contributed by atoms with Gasteiger partial charge in [0.05, 0.1) is 5.02 Å². The van der Waals surface area contributed by atoms with E-state index in [0.717, 1.165) is 31.0 Å². The summed E-state index contributed by atoms with van der Waals surface area (Å²) in [5.41, 5.74) is 0.769. The van der Waals surface area contributed by atoms with Gasteiger partial charge in [0.15, 0.2) is 0 Å². The van der Waals surface area contributed by atoms with E-state index in [-0.39, 0.29) is 10.8 Å². The van der Waals surface area contributed by atoms with Crippen molar-refractivity contribution in [1.82, 2.24) is 5.32 Å². The third-order valence-electron chi connectivity index (χ3n) is 4.54. The molecule has 1 saturated carbocycles. The van der Waals surface area contributed by atoms with Gasteiger partial charge in [0.1, 0.15) is 5.82 Å². The van der Waals surface area contributed by atoms with Crippen molar-refractivity contribution >= 4 is 11.6 Å². The van der Waals surface area contributed by atoms with Crippen LogP contribution in [-0.4, -0.2) is 13.1 Å². The van der Waals surface area contributed by atoms with E-state index in [4.69, 9.17) is 11.6 Å². The van der Waals surface area contributed by atoms with Gasteiger partial charge in [-0.05, 0) is 48.9 Å². The molecule has 2 rings (SSSR count). The van der Waals surface area contributed by atoms with Crippen molar-refractivity contribution in [1.29, 1.82) is 0 Å². The molecule has 0 saturated heterocycles. The highest BCUT2D eigenvalue weighted by Crippen LogP contribution is 2.34. The molecule has 1 aliphatic rings. The fourth-order valence-corrected chi connectivity index (χ4v) is 3.57. The lowest BCUT2D eigenvalue weighted by Crippen LogP contribution is -2.31. The molecule has 0 bridgehead atoms. The molecule has 0 spiro atoms. The summed E-state index contributed by atoms with van der Waals surface area (Å²) >= 11 is 5.91. The molecule has 0 aliphatic heterocycles. The summed E-state index contributed by atoms with van der Waals surface area (Å²) in [4.78, 5) is 0. The molecule has 0 amide bonds. The topological polar surface area (TPSA) is 12.0 Å². The molecule has 118 valence electrons. The molecule has 3 heteroatoms. The second kappa shape index (κ2) is 8.14. The molecule has 1 fully saturated rings. The predicted octanol–water partition coefficient (Wildman–Crippen LogP) is 5.07. The number of halogens is 2. The van der Waals surface area contributed by atoms with Crippen molar-refractivity contribution in [3.05, 3.63) is 34.6 Å². The van der Waals surface area contributed by atoms with E-state index in [1.54, 1.807) is 6.07 Å². The Morgan fingerprint density at radius 2 is 1.95 bits per heavy atom. The minimum Gasteiger partial charge on any atom is -0.316 e. The average Bonchev–Trinajstić information content (AvgIpc) is 2.96. The summed E-state index contributed by atoms with van der Waals surface area (Å²) in [7, 11) is 0. The number of hydrogen-bond acceptors (Lipinski definition) is 1. The monoisotopic (exact) mass is 311 g/mol. The Morgan fingerprint density at radius 1 is 1.24 bits per heavy atom. The Hall–Kier alpha value is -0.600. The molecular formula is C18H27ClFN. The van der Waals surface area contributed by atoms with E-state index < -0.39 is 0 Å². The van der Waals surface area contributed by atoms with E-state index in [1.807, 2.05) is 12.1 Å². The molecule has 0 radical (unpaired) electrons. The number of benzene rings is 1. The molecule has 1 N–H and O–H groups in total. The quantitative estimate of drug-likeness (QED) is 0.741. The van der Waals surface area contributed by atoms with Crippen molar-refractivity contribution in [2.45, 2.75) is 46.0 Å². The first-order valence-corrected chi connectivity index (χ1v) is 8.59. The highest BCUT2D eigenvalue weighted by molar-refractivity contribution is 6.30. The summed E-state index contributed by atoms with van der Waals surface area (Å²) in [5.74, 6) is 1.66. The van der Waals surface area contributed by atoms with Crippen molar-refractivity contribution in [3.63, 3.8) is 0 Å². The van der Waals surface area contributed by atoms with Crippen LogP contribution in [0.5, 0.6) is 0 Å². The second-order valence-corrected chi connectivity index (χ2v) is 7.18. The summed E-state index contributed by atoms with van der Waals surface area (Å²) < 4.78 is 14.1. The van der Waals surface area contributed by atoms with Crippen LogP contribution in [0.25, 0.3) is 0 Å². The summed E-state index contributed by atoms with van der Waals surface area (Å²) in [6, 6.07) is 5.36. The number of nitrogens with one attached hydrogen (secondary N) is 1. The third-order valence-corrected chi connectivity index (χ3v) is 4.83. The summed E-state index contributed by atoms with van der Waals surface area (Å²) in [6.45, 7) is 6.44. The fourth-order valence-electron chi connectivity index (χ4n) is 3.38. The predicted molar refractivity (Wildman–Crippen MR) is 88.3 cm³/mol. The van der Waals surface area contributed by atoms with Gasteiger partial charge in [0, 0.05) is 0 Å². The Morgan fingerprint density at radius 3 is 2.62 bits per heavy atom. The lowest BCUT2D eigenvalue weighted by atomic mass is 9.85. The second-order valence-electron chi connectivity index (χ2n) is 6.77. The van der Waals surface area contributed by atoms with Gasteiger partial charge in [-0.25, -0.2) is 4.39 Å². The maximum absolute atomic E-state index is 14.1. The van der Waals surface area contributed by atoms with Crippen LogP contribution in [0.4, 0.5) is 4.39 Å². The first-order valence-electron chi connectivity index (χ1n) is 8.21. The largest absolute Gasteiger partial charge is 0.316 e. The van der Waals surface area contributed by atoms with Gasteiger partial charge in [-0.1, -0.05) is 63.3 Å². The molecule has 1 nitrogen and oxygen atoms in total. The van der Waals surface area contributed by atoms with Gasteiger partial charge in [-0.15, -0.1) is 0 Å². The smallest absolute Gasteiger partial charge is 0.144 e. The highest BCUT2D eigenvalue weighted by Gasteiger charge is 2.26. The van der Waals surface area contributed by atoms with Crippen molar-refractivity contribution in [2.75, 3.05) is 13.1 Å². The molecule has 1 aromatic carbocycles. The first kappa shape index (κ1) is 16.8. The van der Waals surface area contributed by atoms with Gasteiger partial charge in [0.2, 0.25) is 0 Å². The number of hydrogen-bond donors (Lipinski definition) is 1. The highest BCUT2D eigenvalue weighted by atomic mass is 35.5. The van der Waals surface area contributed by atoms with Crippen molar-refractivity contribution in [2.24, 2.45) is 17.8 Å². The Bertz CT molecular complexity index is 441. The van der Waals surface area contributed by atoms with E-state index >= 15 is 0 Å².